The fourth-order valence-electron chi connectivity index (χ4n) is 10.2. The van der Waals surface area contributed by atoms with Gasteiger partial charge in [0.25, 0.3) is 0 Å². The van der Waals surface area contributed by atoms with Crippen LogP contribution in [0, 0.1) is 0 Å². The number of aliphatic hydroxyl groups is 1. The summed E-state index contributed by atoms with van der Waals surface area (Å²) in [6.07, 6.45) is 55.2. The number of carbonyl (C=O) groups excluding carboxylic acids is 4. The quantitative estimate of drug-likeness (QED) is 0.0169. The number of hydrogen-bond donors (Lipinski definition) is 3. The highest BCUT2D eigenvalue weighted by Gasteiger charge is 2.30. The SMILES string of the molecule is CCCCCC/C=C\C=C/CCCCCCCC(=O)OC[C@H](COP(=O)(O)OC[C@@H](O)COP(=O)(O)OC[C@@H](COC(=O)CCCCCCCCC)OC(=O)CCCCCCCCCC)OC(=O)CCCCCCCCCCCCCCCCCCCCC. The van der Waals surface area contributed by atoms with E-state index in [0.29, 0.717) is 25.7 Å². The van der Waals surface area contributed by atoms with Gasteiger partial charge >= 0.3 is 39.5 Å². The zero-order valence-corrected chi connectivity index (χ0v) is 58.7. The number of allylic oxidation sites excluding steroid dienone is 4. The summed E-state index contributed by atoms with van der Waals surface area (Å²) >= 11 is 0. The highest BCUT2D eigenvalue weighted by molar-refractivity contribution is 7.47. The first-order valence-electron chi connectivity index (χ1n) is 36.1. The molecular weight excluding hydrogens is 1170 g/mol. The molecule has 0 spiro atoms. The number of phosphoric ester groups is 2. The van der Waals surface area contributed by atoms with Crippen LogP contribution < -0.4 is 0 Å². The topological polar surface area (TPSA) is 237 Å². The second-order valence-corrected chi connectivity index (χ2v) is 27.5. The predicted octanol–water partition coefficient (Wildman–Crippen LogP) is 19.8. The van der Waals surface area contributed by atoms with Crippen molar-refractivity contribution >= 4 is 39.5 Å². The molecule has 0 radical (unpaired) electrons. The number of carbonyl (C=O) groups is 4. The van der Waals surface area contributed by atoms with Crippen LogP contribution in [0.25, 0.3) is 0 Å². The lowest BCUT2D eigenvalue weighted by molar-refractivity contribution is -0.161. The van der Waals surface area contributed by atoms with E-state index in [-0.39, 0.29) is 25.7 Å². The van der Waals surface area contributed by atoms with Crippen molar-refractivity contribution in [1.82, 2.24) is 0 Å². The highest BCUT2D eigenvalue weighted by atomic mass is 31.2. The van der Waals surface area contributed by atoms with Crippen LogP contribution in [-0.2, 0) is 65.4 Å². The van der Waals surface area contributed by atoms with E-state index in [2.05, 4.69) is 52.0 Å². The van der Waals surface area contributed by atoms with E-state index in [1.165, 1.54) is 135 Å². The molecule has 0 bridgehead atoms. The molecule has 0 aliphatic rings. The zero-order valence-electron chi connectivity index (χ0n) is 56.9. The standard InChI is InChI=1S/C70H132O17P2/c1-5-9-13-17-21-24-26-28-30-31-32-33-35-37-39-41-45-49-53-57-70(75)87-66(61-81-68(73)55-51-47-44-40-38-36-34-29-27-25-22-18-14-10-6-2)63-85-89(78,79)83-59-64(71)58-82-88(76,77)84-62-65(60-80-67(72)54-50-46-42-20-16-12-8-4)86-69(74)56-52-48-43-23-19-15-11-7-3/h25,27,29,34,64-66,71H,5-24,26,28,30-33,35-63H2,1-4H3,(H,76,77)(H,78,79)/b27-25-,34-29-/t64-,65+,66+/m0/s1. The molecule has 0 fully saturated rings. The van der Waals surface area contributed by atoms with Crippen molar-refractivity contribution in [3.63, 3.8) is 0 Å². The molecule has 0 amide bonds. The molecule has 524 valence electrons. The van der Waals surface area contributed by atoms with Gasteiger partial charge in [0.15, 0.2) is 12.2 Å². The molecule has 5 atom stereocenters. The van der Waals surface area contributed by atoms with Crippen molar-refractivity contribution in [2.75, 3.05) is 39.6 Å². The van der Waals surface area contributed by atoms with Crippen LogP contribution in [0.2, 0.25) is 0 Å². The average molecular weight is 1310 g/mol. The molecule has 2 unspecified atom stereocenters. The number of unbranched alkanes of at least 4 members (excludes halogenated alkanes) is 40. The first-order valence-corrected chi connectivity index (χ1v) is 39.1. The summed E-state index contributed by atoms with van der Waals surface area (Å²) < 4.78 is 68.0. The van der Waals surface area contributed by atoms with Gasteiger partial charge in [-0.15, -0.1) is 0 Å². The smallest absolute Gasteiger partial charge is 0.462 e. The minimum atomic E-state index is -4.96. The van der Waals surface area contributed by atoms with Gasteiger partial charge in [0.1, 0.15) is 19.3 Å². The van der Waals surface area contributed by atoms with Crippen molar-refractivity contribution in [2.24, 2.45) is 0 Å². The van der Waals surface area contributed by atoms with Crippen LogP contribution in [0.3, 0.4) is 0 Å². The Balaban J connectivity index is 5.19. The normalized spacial score (nSPS) is 14.2. The molecule has 3 N–H and O–H groups in total. The Bertz CT molecular complexity index is 1800. The molecule has 0 saturated heterocycles. The van der Waals surface area contributed by atoms with Crippen LogP contribution in [0.4, 0.5) is 0 Å². The number of ether oxygens (including phenoxy) is 4. The molecule has 0 heterocycles. The van der Waals surface area contributed by atoms with E-state index in [1.54, 1.807) is 0 Å². The van der Waals surface area contributed by atoms with Gasteiger partial charge < -0.3 is 33.8 Å². The monoisotopic (exact) mass is 1310 g/mol. The van der Waals surface area contributed by atoms with Crippen molar-refractivity contribution < 1.29 is 80.2 Å². The first kappa shape index (κ1) is 86.5. The predicted molar refractivity (Wildman–Crippen MR) is 358 cm³/mol. The van der Waals surface area contributed by atoms with E-state index >= 15 is 0 Å². The number of phosphoric acid groups is 2. The Morgan fingerprint density at radius 1 is 0.315 bits per heavy atom. The molecule has 0 aromatic heterocycles. The Morgan fingerprint density at radius 2 is 0.539 bits per heavy atom. The Hall–Kier alpha value is -2.46. The fraction of sp³-hybridized carbons (Fsp3) is 0.886. The summed E-state index contributed by atoms with van der Waals surface area (Å²) in [6, 6.07) is 0. The van der Waals surface area contributed by atoms with E-state index in [1.807, 2.05) is 0 Å². The molecule has 89 heavy (non-hydrogen) atoms. The first-order chi connectivity index (χ1) is 43.2. The van der Waals surface area contributed by atoms with Crippen molar-refractivity contribution in [3.8, 4) is 0 Å². The van der Waals surface area contributed by atoms with Crippen molar-refractivity contribution in [3.05, 3.63) is 24.3 Å². The summed E-state index contributed by atoms with van der Waals surface area (Å²) in [5, 5.41) is 10.5. The average Bonchev–Trinajstić information content (AvgIpc) is 3.69. The molecule has 0 rings (SSSR count). The van der Waals surface area contributed by atoms with Crippen LogP contribution >= 0.6 is 15.6 Å². The lowest BCUT2D eigenvalue weighted by Gasteiger charge is -2.21. The maximum absolute atomic E-state index is 13.0. The van der Waals surface area contributed by atoms with E-state index in [0.717, 1.165) is 128 Å². The Kier molecular flexibility index (Phi) is 62.5. The van der Waals surface area contributed by atoms with Crippen LogP contribution in [0.1, 0.15) is 342 Å². The van der Waals surface area contributed by atoms with Gasteiger partial charge in [-0.1, -0.05) is 290 Å². The van der Waals surface area contributed by atoms with E-state index in [4.69, 9.17) is 37.0 Å². The molecule has 19 heteroatoms. The molecule has 0 aromatic rings. The van der Waals surface area contributed by atoms with Gasteiger partial charge in [0.05, 0.1) is 26.4 Å². The van der Waals surface area contributed by atoms with Gasteiger partial charge in [0, 0.05) is 25.7 Å². The summed E-state index contributed by atoms with van der Waals surface area (Å²) in [5.74, 6) is -2.16. The molecular formula is C70H132O17P2. The number of hydrogen-bond acceptors (Lipinski definition) is 15. The minimum absolute atomic E-state index is 0.102. The van der Waals surface area contributed by atoms with Gasteiger partial charge in [0.2, 0.25) is 0 Å². The Labute approximate surface area is 542 Å². The number of esters is 4. The summed E-state index contributed by atoms with van der Waals surface area (Å²) in [4.78, 5) is 72.2. The van der Waals surface area contributed by atoms with Crippen molar-refractivity contribution in [2.45, 2.75) is 361 Å². The fourth-order valence-corrected chi connectivity index (χ4v) is 11.7. The largest absolute Gasteiger partial charge is 0.472 e. The van der Waals surface area contributed by atoms with Gasteiger partial charge in [-0.05, 0) is 51.4 Å². The van der Waals surface area contributed by atoms with Gasteiger partial charge in [-0.25, -0.2) is 9.13 Å². The van der Waals surface area contributed by atoms with Gasteiger partial charge in [-0.2, -0.15) is 0 Å². The van der Waals surface area contributed by atoms with Crippen LogP contribution in [0.15, 0.2) is 24.3 Å². The molecule has 0 aliphatic heterocycles. The summed E-state index contributed by atoms with van der Waals surface area (Å²) in [5.41, 5.74) is 0. The second kappa shape index (κ2) is 64.3. The third-order valence-corrected chi connectivity index (χ3v) is 17.6. The van der Waals surface area contributed by atoms with E-state index < -0.39 is 97.5 Å². The van der Waals surface area contributed by atoms with Crippen LogP contribution in [-0.4, -0.2) is 96.7 Å². The zero-order chi connectivity index (χ0) is 65.4. The lowest BCUT2D eigenvalue weighted by atomic mass is 10.0. The molecule has 0 aromatic carbocycles. The van der Waals surface area contributed by atoms with Crippen molar-refractivity contribution in [1.29, 1.82) is 0 Å². The molecule has 17 nitrogen and oxygen atoms in total. The Morgan fingerprint density at radius 3 is 0.820 bits per heavy atom. The summed E-state index contributed by atoms with van der Waals surface area (Å²) in [7, 11) is -9.90. The maximum atomic E-state index is 13.0. The second-order valence-electron chi connectivity index (χ2n) is 24.6. The third-order valence-electron chi connectivity index (χ3n) is 15.7. The molecule has 0 saturated carbocycles. The lowest BCUT2D eigenvalue weighted by Crippen LogP contribution is -2.30. The highest BCUT2D eigenvalue weighted by Crippen LogP contribution is 2.45. The maximum Gasteiger partial charge on any atom is 0.472 e. The third kappa shape index (κ3) is 64.1. The van der Waals surface area contributed by atoms with Gasteiger partial charge in [-0.3, -0.25) is 37.3 Å². The molecule has 0 aliphatic carbocycles. The van der Waals surface area contributed by atoms with Crippen LogP contribution in [0.5, 0.6) is 0 Å². The van der Waals surface area contributed by atoms with E-state index in [9.17, 15) is 43.2 Å². The summed E-state index contributed by atoms with van der Waals surface area (Å²) in [6.45, 7) is 4.80. The number of rotatable bonds is 69. The number of aliphatic hydroxyl groups excluding tert-OH is 1. The minimum Gasteiger partial charge on any atom is -0.462 e.